The van der Waals surface area contributed by atoms with E-state index in [1.54, 1.807) is 11.8 Å². The summed E-state index contributed by atoms with van der Waals surface area (Å²) >= 11 is 0. The van der Waals surface area contributed by atoms with Crippen LogP contribution in [-0.2, 0) is 9.59 Å². The summed E-state index contributed by atoms with van der Waals surface area (Å²) in [6, 6.07) is -1.54. The molecule has 4 atom stereocenters. The molecule has 8 nitrogen and oxygen atoms in total. The molecule has 0 saturated carbocycles. The highest BCUT2D eigenvalue weighted by Crippen LogP contribution is 2.47. The van der Waals surface area contributed by atoms with Gasteiger partial charge in [0.1, 0.15) is 6.04 Å². The van der Waals surface area contributed by atoms with Gasteiger partial charge in [0.2, 0.25) is 5.91 Å². The molecule has 6 N–H and O–H groups in total. The molecular formula is C13H24BN3O5. The van der Waals surface area contributed by atoms with Gasteiger partial charge >= 0.3 is 13.1 Å². The van der Waals surface area contributed by atoms with Gasteiger partial charge in [0.05, 0.1) is 12.1 Å². The number of fused-ring (bicyclic) bond motifs is 1. The molecule has 0 aliphatic carbocycles. The van der Waals surface area contributed by atoms with Crippen LogP contribution in [0.4, 0.5) is 0 Å². The molecule has 2 aliphatic rings. The average molecular weight is 313 g/mol. The molecule has 0 aromatic rings. The highest BCUT2D eigenvalue weighted by molar-refractivity contribution is 6.40. The lowest BCUT2D eigenvalue weighted by Gasteiger charge is -2.34. The van der Waals surface area contributed by atoms with Gasteiger partial charge in [0.25, 0.3) is 0 Å². The first-order valence-electron chi connectivity index (χ1n) is 7.68. The zero-order valence-corrected chi connectivity index (χ0v) is 12.7. The van der Waals surface area contributed by atoms with Crippen molar-refractivity contribution >= 4 is 19.0 Å². The van der Waals surface area contributed by atoms with Gasteiger partial charge in [-0.25, -0.2) is 0 Å². The lowest BCUT2D eigenvalue weighted by Crippen LogP contribution is -2.49. The van der Waals surface area contributed by atoms with E-state index in [2.05, 4.69) is 5.32 Å². The fourth-order valence-corrected chi connectivity index (χ4v) is 3.95. The maximum absolute atomic E-state index is 12.2. The van der Waals surface area contributed by atoms with Gasteiger partial charge in [0, 0.05) is 18.5 Å². The third kappa shape index (κ3) is 2.98. The quantitative estimate of drug-likeness (QED) is 0.366. The van der Waals surface area contributed by atoms with Crippen LogP contribution in [0.3, 0.4) is 0 Å². The van der Waals surface area contributed by atoms with Gasteiger partial charge in [-0.15, -0.1) is 0 Å². The van der Waals surface area contributed by atoms with E-state index in [1.807, 2.05) is 0 Å². The third-order valence-electron chi connectivity index (χ3n) is 4.97. The van der Waals surface area contributed by atoms with E-state index >= 15 is 0 Å². The number of hydrogen-bond acceptors (Lipinski definition) is 6. The summed E-state index contributed by atoms with van der Waals surface area (Å²) in [5, 5.41) is 30.5. The fourth-order valence-electron chi connectivity index (χ4n) is 3.95. The Balaban J connectivity index is 2.19. The molecule has 2 heterocycles. The molecule has 0 spiro atoms. The summed E-state index contributed by atoms with van der Waals surface area (Å²) in [5.41, 5.74) is 5.12. The number of amides is 1. The van der Waals surface area contributed by atoms with Crippen LogP contribution in [-0.4, -0.2) is 70.3 Å². The van der Waals surface area contributed by atoms with E-state index in [0.29, 0.717) is 32.4 Å². The molecule has 9 heteroatoms. The van der Waals surface area contributed by atoms with Crippen LogP contribution in [0.2, 0.25) is 6.32 Å². The van der Waals surface area contributed by atoms with Crippen LogP contribution >= 0.6 is 0 Å². The maximum Gasteiger partial charge on any atom is 0.451 e. The van der Waals surface area contributed by atoms with Gasteiger partial charge in [-0.3, -0.25) is 9.59 Å². The Bertz CT molecular complexity index is 447. The number of carboxylic acids is 1. The van der Waals surface area contributed by atoms with E-state index in [1.165, 1.54) is 0 Å². The number of carboxylic acid groups (broad SMARTS) is 1. The van der Waals surface area contributed by atoms with Gasteiger partial charge in [0.15, 0.2) is 0 Å². The molecule has 2 fully saturated rings. The van der Waals surface area contributed by atoms with Crippen LogP contribution in [0, 0.1) is 5.41 Å². The molecular weight excluding hydrogens is 289 g/mol. The Morgan fingerprint density at radius 2 is 2.18 bits per heavy atom. The standard InChI is InChI=1S/C13H24BN3O5/c1-8(15)11(18)17-6-4-13(3-2-5-14(21)22)9(17)7-16-10(13)12(19)20/h8-10,16,21-22H,2-7,15H2,1H3,(H,19,20)/t8?,9-,10+,13-/m0/s1. The van der Waals surface area contributed by atoms with Crippen molar-refractivity contribution in [3.8, 4) is 0 Å². The fraction of sp³-hybridized carbons (Fsp3) is 0.846. The van der Waals surface area contributed by atoms with Crippen LogP contribution < -0.4 is 11.1 Å². The molecule has 22 heavy (non-hydrogen) atoms. The average Bonchev–Trinajstić information content (AvgIpc) is 2.93. The van der Waals surface area contributed by atoms with Crippen molar-refractivity contribution in [2.24, 2.45) is 11.1 Å². The van der Waals surface area contributed by atoms with Crippen molar-refractivity contribution < 1.29 is 24.7 Å². The normalized spacial score (nSPS) is 31.9. The molecule has 2 saturated heterocycles. The molecule has 2 rings (SSSR count). The lowest BCUT2D eigenvalue weighted by atomic mass is 9.70. The number of nitrogens with one attached hydrogen (secondary N) is 1. The smallest absolute Gasteiger partial charge is 0.451 e. The van der Waals surface area contributed by atoms with E-state index in [0.717, 1.165) is 0 Å². The highest BCUT2D eigenvalue weighted by Gasteiger charge is 2.59. The van der Waals surface area contributed by atoms with Crippen molar-refractivity contribution in [2.75, 3.05) is 13.1 Å². The summed E-state index contributed by atoms with van der Waals surface area (Å²) in [6.07, 6.45) is 1.81. The molecule has 1 unspecified atom stereocenters. The van der Waals surface area contributed by atoms with Crippen molar-refractivity contribution in [3.05, 3.63) is 0 Å². The number of carbonyl (C=O) groups is 2. The number of likely N-dealkylation sites (tertiary alicyclic amines) is 1. The predicted molar refractivity (Wildman–Crippen MR) is 79.9 cm³/mol. The first-order chi connectivity index (χ1) is 10.3. The third-order valence-corrected chi connectivity index (χ3v) is 4.97. The predicted octanol–water partition coefficient (Wildman–Crippen LogP) is -1.77. The summed E-state index contributed by atoms with van der Waals surface area (Å²) in [5.74, 6) is -1.09. The number of carbonyl (C=O) groups excluding carboxylic acids is 1. The SMILES string of the molecule is CC(N)C(=O)N1CC[C@]2(CCCB(O)O)[C@@H](C(=O)O)NC[C@H]12. The summed E-state index contributed by atoms with van der Waals surface area (Å²) < 4.78 is 0. The summed E-state index contributed by atoms with van der Waals surface area (Å²) in [6.45, 7) is 2.55. The monoisotopic (exact) mass is 313 g/mol. The van der Waals surface area contributed by atoms with Crippen LogP contribution in [0.15, 0.2) is 0 Å². The topological polar surface area (TPSA) is 136 Å². The number of rotatable bonds is 6. The van der Waals surface area contributed by atoms with Crippen molar-refractivity contribution in [2.45, 2.75) is 50.6 Å². The largest absolute Gasteiger partial charge is 0.480 e. The maximum atomic E-state index is 12.2. The molecule has 1 amide bonds. The van der Waals surface area contributed by atoms with Crippen molar-refractivity contribution in [1.29, 1.82) is 0 Å². The van der Waals surface area contributed by atoms with Crippen LogP contribution in [0.5, 0.6) is 0 Å². The molecule has 0 radical (unpaired) electrons. The lowest BCUT2D eigenvalue weighted by molar-refractivity contribution is -0.143. The van der Waals surface area contributed by atoms with Gasteiger partial charge < -0.3 is 31.1 Å². The molecule has 0 bridgehead atoms. The van der Waals surface area contributed by atoms with Gasteiger partial charge in [-0.1, -0.05) is 6.42 Å². The molecule has 124 valence electrons. The number of nitrogens with two attached hydrogens (primary N) is 1. The van der Waals surface area contributed by atoms with Gasteiger partial charge in [-0.2, -0.15) is 0 Å². The Hall–Kier alpha value is -1.16. The van der Waals surface area contributed by atoms with E-state index in [4.69, 9.17) is 15.8 Å². The van der Waals surface area contributed by atoms with E-state index in [9.17, 15) is 14.7 Å². The van der Waals surface area contributed by atoms with E-state index in [-0.39, 0.29) is 18.3 Å². The first-order valence-corrected chi connectivity index (χ1v) is 7.68. The Morgan fingerprint density at radius 1 is 1.50 bits per heavy atom. The minimum Gasteiger partial charge on any atom is -0.480 e. The minimum atomic E-state index is -1.39. The zero-order chi connectivity index (χ0) is 16.5. The minimum absolute atomic E-state index is 0.165. The summed E-state index contributed by atoms with van der Waals surface area (Å²) in [4.78, 5) is 25.5. The molecule has 2 aliphatic heterocycles. The molecule has 0 aromatic heterocycles. The van der Waals surface area contributed by atoms with Crippen LogP contribution in [0.25, 0.3) is 0 Å². The first kappa shape index (κ1) is 17.2. The number of aliphatic carboxylic acids is 1. The molecule has 0 aromatic carbocycles. The van der Waals surface area contributed by atoms with Crippen molar-refractivity contribution in [3.63, 3.8) is 0 Å². The number of hydrogen-bond donors (Lipinski definition) is 5. The number of nitrogens with zero attached hydrogens (tertiary/aromatic N) is 1. The second kappa shape index (κ2) is 6.53. The summed E-state index contributed by atoms with van der Waals surface area (Å²) in [7, 11) is -1.39. The Labute approximate surface area is 129 Å². The Morgan fingerprint density at radius 3 is 2.73 bits per heavy atom. The van der Waals surface area contributed by atoms with Crippen LogP contribution in [0.1, 0.15) is 26.2 Å². The second-order valence-electron chi connectivity index (χ2n) is 6.37. The van der Waals surface area contributed by atoms with Crippen molar-refractivity contribution in [1.82, 2.24) is 10.2 Å². The Kier molecular flexibility index (Phi) is 5.11. The highest BCUT2D eigenvalue weighted by atomic mass is 16.4. The van der Waals surface area contributed by atoms with E-state index < -0.39 is 30.6 Å². The zero-order valence-electron chi connectivity index (χ0n) is 12.7. The second-order valence-corrected chi connectivity index (χ2v) is 6.37. The van der Waals surface area contributed by atoms with Gasteiger partial charge in [-0.05, 0) is 26.1 Å².